The molecule has 0 fully saturated rings. The van der Waals surface area contributed by atoms with Gasteiger partial charge >= 0.3 is 18.2 Å². The van der Waals surface area contributed by atoms with E-state index >= 15 is 0 Å². The van der Waals surface area contributed by atoms with Crippen LogP contribution in [-0.4, -0.2) is 59.0 Å². The average Bonchev–Trinajstić information content (AvgIpc) is 2.70. The first-order valence-electron chi connectivity index (χ1n) is 11.7. The van der Waals surface area contributed by atoms with Gasteiger partial charge in [-0.3, -0.25) is 4.79 Å². The van der Waals surface area contributed by atoms with E-state index in [-0.39, 0.29) is 12.8 Å². The van der Waals surface area contributed by atoms with Crippen LogP contribution >= 0.6 is 0 Å². The highest BCUT2D eigenvalue weighted by atomic mass is 16.6. The summed E-state index contributed by atoms with van der Waals surface area (Å²) in [7, 11) is 0. The minimum absolute atomic E-state index is 0.0981. The van der Waals surface area contributed by atoms with E-state index in [1.165, 1.54) is 0 Å². The fraction of sp³-hybridized carbons (Fsp3) is 0.600. The monoisotopic (exact) mass is 493 g/mol. The first-order chi connectivity index (χ1) is 16.2. The maximum absolute atomic E-state index is 12.9. The zero-order chi connectivity index (χ0) is 26.6. The number of hydrogen-bond donors (Lipinski definition) is 4. The highest BCUT2D eigenvalue weighted by molar-refractivity contribution is 5.89. The third-order valence-electron chi connectivity index (χ3n) is 4.49. The number of alkyl carbamates (subject to hydrolysis) is 2. The Morgan fingerprint density at radius 2 is 1.40 bits per heavy atom. The zero-order valence-electron chi connectivity index (χ0n) is 21.5. The van der Waals surface area contributed by atoms with E-state index in [0.717, 1.165) is 5.56 Å². The second-order valence-corrected chi connectivity index (χ2v) is 10.2. The molecule has 3 amide bonds. The number of nitrogens with one attached hydrogen (secondary N) is 3. The Labute approximate surface area is 207 Å². The number of carboxylic acids is 1. The number of unbranched alkanes of at least 4 members (excludes halogenated alkanes) is 1. The minimum Gasteiger partial charge on any atom is -0.480 e. The van der Waals surface area contributed by atoms with E-state index in [2.05, 4.69) is 16.0 Å². The van der Waals surface area contributed by atoms with Gasteiger partial charge in [0.2, 0.25) is 5.91 Å². The van der Waals surface area contributed by atoms with E-state index in [1.807, 2.05) is 6.07 Å². The Kier molecular flexibility index (Phi) is 11.5. The molecule has 1 aromatic carbocycles. The lowest BCUT2D eigenvalue weighted by Gasteiger charge is -2.24. The fourth-order valence-electron chi connectivity index (χ4n) is 3.02. The summed E-state index contributed by atoms with van der Waals surface area (Å²) in [6.07, 6.45) is -0.00570. The van der Waals surface area contributed by atoms with Crippen LogP contribution in [0.15, 0.2) is 30.3 Å². The molecule has 35 heavy (non-hydrogen) atoms. The fourth-order valence-corrected chi connectivity index (χ4v) is 3.02. The molecule has 4 N–H and O–H groups in total. The maximum Gasteiger partial charge on any atom is 0.408 e. The lowest BCUT2D eigenvalue weighted by Crippen LogP contribution is -2.52. The summed E-state index contributed by atoms with van der Waals surface area (Å²) < 4.78 is 10.4. The lowest BCUT2D eigenvalue weighted by atomic mass is 10.0. The molecular formula is C25H39N3O7. The largest absolute Gasteiger partial charge is 0.480 e. The van der Waals surface area contributed by atoms with E-state index in [0.29, 0.717) is 19.4 Å². The number of carbonyl (C=O) groups is 4. The molecule has 0 heterocycles. The van der Waals surface area contributed by atoms with Crippen molar-refractivity contribution < 1.29 is 33.8 Å². The number of ether oxygens (including phenoxy) is 2. The standard InChI is InChI=1S/C25H39N3O7/c1-24(2,3)34-22(32)26-15-11-10-14-18(28-23(33)35-25(4,5)6)20(29)27-19(21(30)31)16-17-12-8-7-9-13-17/h7-9,12-13,18-19H,10-11,14-16H2,1-6H3,(H,26,32)(H,27,29)(H,28,33)(H,30,31). The maximum atomic E-state index is 12.9. The number of carbonyl (C=O) groups excluding carboxylic acids is 3. The van der Waals surface area contributed by atoms with Gasteiger partial charge in [0, 0.05) is 13.0 Å². The topological polar surface area (TPSA) is 143 Å². The van der Waals surface area contributed by atoms with Crippen molar-refractivity contribution >= 4 is 24.1 Å². The number of rotatable bonds is 11. The van der Waals surface area contributed by atoms with Crippen molar-refractivity contribution in [3.05, 3.63) is 35.9 Å². The summed E-state index contributed by atoms with van der Waals surface area (Å²) in [4.78, 5) is 48.7. The Hall–Kier alpha value is -3.30. The summed E-state index contributed by atoms with van der Waals surface area (Å²) in [5, 5.41) is 17.3. The van der Waals surface area contributed by atoms with Crippen molar-refractivity contribution in [3.8, 4) is 0 Å². The predicted molar refractivity (Wildman–Crippen MR) is 131 cm³/mol. The molecule has 0 saturated carbocycles. The normalized spacial score (nSPS) is 13.2. The molecule has 0 radical (unpaired) electrons. The van der Waals surface area contributed by atoms with Crippen LogP contribution in [0.5, 0.6) is 0 Å². The quantitative estimate of drug-likeness (QED) is 0.346. The van der Waals surface area contributed by atoms with Crippen LogP contribution in [0.4, 0.5) is 9.59 Å². The molecule has 0 saturated heterocycles. The van der Waals surface area contributed by atoms with E-state index in [9.17, 15) is 24.3 Å². The van der Waals surface area contributed by atoms with Gasteiger partial charge in [0.05, 0.1) is 0 Å². The second-order valence-electron chi connectivity index (χ2n) is 10.2. The van der Waals surface area contributed by atoms with Gasteiger partial charge in [-0.05, 0) is 66.4 Å². The van der Waals surface area contributed by atoms with Crippen molar-refractivity contribution in [1.82, 2.24) is 16.0 Å². The first-order valence-corrected chi connectivity index (χ1v) is 11.7. The molecule has 0 bridgehead atoms. The van der Waals surface area contributed by atoms with Crippen molar-refractivity contribution in [2.75, 3.05) is 6.54 Å². The molecule has 10 nitrogen and oxygen atoms in total. The third-order valence-corrected chi connectivity index (χ3v) is 4.49. The summed E-state index contributed by atoms with van der Waals surface area (Å²) in [5.74, 6) is -1.81. The van der Waals surface area contributed by atoms with E-state index in [4.69, 9.17) is 9.47 Å². The van der Waals surface area contributed by atoms with Crippen LogP contribution in [0.1, 0.15) is 66.4 Å². The predicted octanol–water partition coefficient (Wildman–Crippen LogP) is 3.39. The zero-order valence-corrected chi connectivity index (χ0v) is 21.5. The molecule has 196 valence electrons. The SMILES string of the molecule is CC(C)(C)OC(=O)NCCCCC(NC(=O)OC(C)(C)C)C(=O)NC(Cc1ccccc1)C(=O)O. The Bertz CT molecular complexity index is 845. The van der Waals surface area contributed by atoms with Crippen LogP contribution in [-0.2, 0) is 25.5 Å². The molecule has 10 heteroatoms. The van der Waals surface area contributed by atoms with E-state index in [1.54, 1.807) is 65.8 Å². The lowest BCUT2D eigenvalue weighted by molar-refractivity contribution is -0.142. The molecule has 0 aliphatic heterocycles. The van der Waals surface area contributed by atoms with Crippen molar-refractivity contribution in [1.29, 1.82) is 0 Å². The molecule has 2 atom stereocenters. The number of hydrogen-bond acceptors (Lipinski definition) is 6. The van der Waals surface area contributed by atoms with Gasteiger partial charge < -0.3 is 30.5 Å². The molecule has 0 aromatic heterocycles. The number of amides is 3. The van der Waals surface area contributed by atoms with Crippen molar-refractivity contribution in [2.45, 2.75) is 90.5 Å². The van der Waals surface area contributed by atoms with Crippen molar-refractivity contribution in [3.63, 3.8) is 0 Å². The molecule has 1 aromatic rings. The number of aliphatic carboxylic acids is 1. The van der Waals surface area contributed by atoms with Crippen LogP contribution < -0.4 is 16.0 Å². The molecule has 0 aliphatic carbocycles. The molecule has 1 rings (SSSR count). The van der Waals surface area contributed by atoms with Gasteiger partial charge in [-0.15, -0.1) is 0 Å². The van der Waals surface area contributed by atoms with Crippen LogP contribution in [0.3, 0.4) is 0 Å². The molecular weight excluding hydrogens is 454 g/mol. The third kappa shape index (κ3) is 13.9. The van der Waals surface area contributed by atoms with Gasteiger partial charge in [-0.25, -0.2) is 14.4 Å². The first kappa shape index (κ1) is 29.7. The van der Waals surface area contributed by atoms with Gasteiger partial charge in [-0.1, -0.05) is 30.3 Å². The van der Waals surface area contributed by atoms with Gasteiger partial charge in [-0.2, -0.15) is 0 Å². The second kappa shape index (κ2) is 13.6. The van der Waals surface area contributed by atoms with Crippen LogP contribution in [0.2, 0.25) is 0 Å². The Balaban J connectivity index is 2.74. The van der Waals surface area contributed by atoms with E-state index < -0.39 is 47.3 Å². The minimum atomic E-state index is -1.18. The van der Waals surface area contributed by atoms with Crippen LogP contribution in [0, 0.1) is 0 Å². The summed E-state index contributed by atoms with van der Waals surface area (Å²) in [6.45, 7) is 10.7. The smallest absolute Gasteiger partial charge is 0.408 e. The summed E-state index contributed by atoms with van der Waals surface area (Å²) >= 11 is 0. The highest BCUT2D eigenvalue weighted by Crippen LogP contribution is 2.10. The molecule has 2 unspecified atom stereocenters. The number of carboxylic acid groups (broad SMARTS) is 1. The Morgan fingerprint density at radius 3 is 1.94 bits per heavy atom. The summed E-state index contributed by atoms with van der Waals surface area (Å²) in [5.41, 5.74) is -0.616. The molecule has 0 aliphatic rings. The Morgan fingerprint density at radius 1 is 0.829 bits per heavy atom. The highest BCUT2D eigenvalue weighted by Gasteiger charge is 2.28. The molecule has 0 spiro atoms. The number of benzene rings is 1. The van der Waals surface area contributed by atoms with Crippen molar-refractivity contribution in [2.24, 2.45) is 0 Å². The summed E-state index contributed by atoms with van der Waals surface area (Å²) in [6, 6.07) is 6.76. The van der Waals surface area contributed by atoms with Crippen LogP contribution in [0.25, 0.3) is 0 Å². The van der Waals surface area contributed by atoms with Gasteiger partial charge in [0.15, 0.2) is 0 Å². The van der Waals surface area contributed by atoms with Gasteiger partial charge in [0.1, 0.15) is 23.3 Å². The average molecular weight is 494 g/mol. The van der Waals surface area contributed by atoms with Gasteiger partial charge in [0.25, 0.3) is 0 Å².